The van der Waals surface area contributed by atoms with Gasteiger partial charge >= 0.3 is 0 Å². The Hall–Kier alpha value is -2.76. The molecule has 0 unspecified atom stereocenters. The van der Waals surface area contributed by atoms with Crippen LogP contribution < -0.4 is 15.0 Å². The van der Waals surface area contributed by atoms with Crippen LogP contribution in [0.25, 0.3) is 11.5 Å². The third kappa shape index (κ3) is 4.38. The van der Waals surface area contributed by atoms with Crippen molar-refractivity contribution in [2.75, 3.05) is 5.32 Å². The lowest BCUT2D eigenvalue weighted by atomic mass is 10.1. The van der Waals surface area contributed by atoms with Crippen LogP contribution in [0.15, 0.2) is 67.0 Å². The zero-order valence-electron chi connectivity index (χ0n) is 15.4. The minimum absolute atomic E-state index is 0.246. The van der Waals surface area contributed by atoms with Crippen LogP contribution in [0.4, 0.5) is 10.1 Å². The molecule has 0 saturated heterocycles. The second kappa shape index (κ2) is 8.50. The maximum absolute atomic E-state index is 13.3. The molecule has 0 aliphatic carbocycles. The standard InChI is InChI=1S/C22H18ClFN2OS/c1-14-5-4-12-26(13-14)20(21(27)16-8-10-17(24)11-9-16)22(28)25-19-7-3-6-18(23)15(19)2/h3-13H,1-2H3,(H-,25,27,28). The zero-order chi connectivity index (χ0) is 20.3. The second-order valence-corrected chi connectivity index (χ2v) is 7.16. The van der Waals surface area contributed by atoms with Crippen LogP contribution in [0.1, 0.15) is 16.7 Å². The molecule has 1 N–H and O–H groups in total. The fraction of sp³-hybridized carbons (Fsp3) is 0.0909. The Bertz CT molecular complexity index is 1060. The van der Waals surface area contributed by atoms with Crippen molar-refractivity contribution in [3.63, 3.8) is 0 Å². The molecule has 0 spiro atoms. The molecule has 2 aromatic carbocycles. The van der Waals surface area contributed by atoms with Crippen molar-refractivity contribution in [2.45, 2.75) is 13.8 Å². The quantitative estimate of drug-likeness (QED) is 0.296. The Balaban J connectivity index is 2.10. The number of hydrogen-bond donors (Lipinski definition) is 1. The molecule has 6 heteroatoms. The first-order valence-electron chi connectivity index (χ1n) is 8.59. The highest BCUT2D eigenvalue weighted by molar-refractivity contribution is 7.81. The first-order chi connectivity index (χ1) is 13.4. The van der Waals surface area contributed by atoms with Gasteiger partial charge in [0.2, 0.25) is 5.70 Å². The maximum atomic E-state index is 13.3. The third-order valence-corrected chi connectivity index (χ3v) is 4.96. The first-order valence-corrected chi connectivity index (χ1v) is 9.37. The van der Waals surface area contributed by atoms with Gasteiger partial charge in [-0.2, -0.15) is 4.57 Å². The molecular weight excluding hydrogens is 395 g/mol. The SMILES string of the molecule is Cc1ccc[n+](C(C(=S)Nc2cccc(Cl)c2C)=C([O-])c2ccc(F)cc2)c1. The molecule has 1 aromatic heterocycles. The highest BCUT2D eigenvalue weighted by Crippen LogP contribution is 2.24. The van der Waals surface area contributed by atoms with Gasteiger partial charge in [0, 0.05) is 22.3 Å². The summed E-state index contributed by atoms with van der Waals surface area (Å²) in [4.78, 5) is 0.246. The third-order valence-electron chi connectivity index (χ3n) is 4.26. The van der Waals surface area contributed by atoms with Crippen LogP contribution in [0, 0.1) is 19.7 Å². The number of pyridine rings is 1. The first kappa shape index (κ1) is 20.0. The average Bonchev–Trinajstić information content (AvgIpc) is 2.66. The van der Waals surface area contributed by atoms with Crippen molar-refractivity contribution >= 4 is 46.0 Å². The van der Waals surface area contributed by atoms with E-state index in [0.717, 1.165) is 16.8 Å². The second-order valence-electron chi connectivity index (χ2n) is 6.34. The lowest BCUT2D eigenvalue weighted by Gasteiger charge is -2.18. The Morgan fingerprint density at radius 2 is 1.79 bits per heavy atom. The monoisotopic (exact) mass is 412 g/mol. The molecule has 3 rings (SSSR count). The molecule has 0 fully saturated rings. The van der Waals surface area contributed by atoms with Gasteiger partial charge in [0.15, 0.2) is 17.4 Å². The summed E-state index contributed by atoms with van der Waals surface area (Å²) < 4.78 is 15.0. The number of aryl methyl sites for hydroxylation is 1. The van der Waals surface area contributed by atoms with Gasteiger partial charge < -0.3 is 10.4 Å². The predicted molar refractivity (Wildman–Crippen MR) is 113 cm³/mol. The summed E-state index contributed by atoms with van der Waals surface area (Å²) in [5.74, 6) is -0.718. The van der Waals surface area contributed by atoms with Crippen molar-refractivity contribution in [1.82, 2.24) is 0 Å². The van der Waals surface area contributed by atoms with E-state index in [0.29, 0.717) is 10.6 Å². The Morgan fingerprint density at radius 1 is 1.07 bits per heavy atom. The molecule has 3 nitrogen and oxygen atoms in total. The van der Waals surface area contributed by atoms with E-state index in [1.807, 2.05) is 44.3 Å². The Morgan fingerprint density at radius 3 is 2.46 bits per heavy atom. The summed E-state index contributed by atoms with van der Waals surface area (Å²) in [6.45, 7) is 3.79. The van der Waals surface area contributed by atoms with E-state index in [1.165, 1.54) is 24.3 Å². The summed E-state index contributed by atoms with van der Waals surface area (Å²) in [7, 11) is 0. The molecule has 142 valence electrons. The lowest BCUT2D eigenvalue weighted by molar-refractivity contribution is -0.578. The van der Waals surface area contributed by atoms with Gasteiger partial charge in [-0.1, -0.05) is 42.0 Å². The number of benzene rings is 2. The van der Waals surface area contributed by atoms with Crippen LogP contribution in [-0.2, 0) is 0 Å². The van der Waals surface area contributed by atoms with E-state index < -0.39 is 5.82 Å². The van der Waals surface area contributed by atoms with Crippen molar-refractivity contribution < 1.29 is 14.1 Å². The van der Waals surface area contributed by atoms with E-state index >= 15 is 0 Å². The fourth-order valence-corrected chi connectivity index (χ4v) is 3.21. The highest BCUT2D eigenvalue weighted by Gasteiger charge is 2.20. The molecule has 0 saturated carbocycles. The molecule has 0 aliphatic heterocycles. The number of thiocarbonyl (C=S) groups is 1. The minimum Gasteiger partial charge on any atom is -0.867 e. The molecule has 3 aromatic rings. The lowest BCUT2D eigenvalue weighted by Crippen LogP contribution is -2.40. The van der Waals surface area contributed by atoms with E-state index in [2.05, 4.69) is 5.32 Å². The van der Waals surface area contributed by atoms with Crippen LogP contribution in [0.2, 0.25) is 5.02 Å². The number of hydrogen-bond acceptors (Lipinski definition) is 2. The summed E-state index contributed by atoms with van der Waals surface area (Å²) in [6.07, 6.45) is 3.57. The van der Waals surface area contributed by atoms with E-state index in [1.54, 1.807) is 16.8 Å². The number of halogens is 2. The number of aromatic nitrogens is 1. The van der Waals surface area contributed by atoms with E-state index in [9.17, 15) is 9.50 Å². The number of nitrogens with one attached hydrogen (secondary N) is 1. The van der Waals surface area contributed by atoms with Crippen LogP contribution in [0.5, 0.6) is 0 Å². The predicted octanol–water partition coefficient (Wildman–Crippen LogP) is 4.51. The summed E-state index contributed by atoms with van der Waals surface area (Å²) in [5.41, 5.74) is 3.13. The molecule has 0 aliphatic rings. The van der Waals surface area contributed by atoms with Crippen molar-refractivity contribution in [3.8, 4) is 0 Å². The smallest absolute Gasteiger partial charge is 0.238 e. The van der Waals surface area contributed by atoms with Crippen LogP contribution in [-0.4, -0.2) is 4.99 Å². The van der Waals surface area contributed by atoms with Gasteiger partial charge in [0.05, 0.1) is 0 Å². The normalized spacial score (nSPS) is 11.7. The van der Waals surface area contributed by atoms with Gasteiger partial charge in [0.25, 0.3) is 0 Å². The summed E-state index contributed by atoms with van der Waals surface area (Å²) in [5, 5.41) is 16.9. The maximum Gasteiger partial charge on any atom is 0.238 e. The van der Waals surface area contributed by atoms with E-state index in [-0.39, 0.29) is 16.4 Å². The van der Waals surface area contributed by atoms with Crippen molar-refractivity contribution in [1.29, 1.82) is 0 Å². The molecule has 0 amide bonds. The molecule has 0 atom stereocenters. The molecule has 28 heavy (non-hydrogen) atoms. The molecule has 0 radical (unpaired) electrons. The largest absolute Gasteiger partial charge is 0.867 e. The Labute approximate surface area is 173 Å². The van der Waals surface area contributed by atoms with Crippen molar-refractivity contribution in [2.24, 2.45) is 0 Å². The number of nitrogens with zero attached hydrogens (tertiary/aromatic N) is 1. The van der Waals surface area contributed by atoms with Gasteiger partial charge in [-0.05, 0) is 61.1 Å². The van der Waals surface area contributed by atoms with Gasteiger partial charge in [0.1, 0.15) is 5.82 Å². The van der Waals surface area contributed by atoms with Gasteiger partial charge in [-0.15, -0.1) is 0 Å². The minimum atomic E-state index is -0.406. The fourth-order valence-electron chi connectivity index (χ4n) is 2.73. The topological polar surface area (TPSA) is 39.0 Å². The molecule has 0 bridgehead atoms. The van der Waals surface area contributed by atoms with E-state index in [4.69, 9.17) is 23.8 Å². The van der Waals surface area contributed by atoms with Gasteiger partial charge in [-0.3, -0.25) is 0 Å². The summed E-state index contributed by atoms with van der Waals surface area (Å²) >= 11 is 11.8. The van der Waals surface area contributed by atoms with Crippen LogP contribution >= 0.6 is 23.8 Å². The molecule has 1 heterocycles. The van der Waals surface area contributed by atoms with Crippen LogP contribution in [0.3, 0.4) is 0 Å². The van der Waals surface area contributed by atoms with Crippen molar-refractivity contribution in [3.05, 3.63) is 94.5 Å². The summed E-state index contributed by atoms with van der Waals surface area (Å²) in [6, 6.07) is 14.6. The average molecular weight is 413 g/mol. The van der Waals surface area contributed by atoms with Gasteiger partial charge in [-0.25, -0.2) is 4.39 Å². The zero-order valence-corrected chi connectivity index (χ0v) is 16.9. The number of rotatable bonds is 4. The molecular formula is C22H18ClFN2OS. The Kier molecular flexibility index (Phi) is 6.07. The number of anilines is 1. The highest BCUT2D eigenvalue weighted by atomic mass is 35.5.